The molecule has 0 unspecified atom stereocenters. The molecule has 2 aromatic rings. The summed E-state index contributed by atoms with van der Waals surface area (Å²) in [4.78, 5) is 0. The molecule has 0 amide bonds. The van der Waals surface area contributed by atoms with E-state index in [4.69, 9.17) is 0 Å². The molecule has 80 valence electrons. The van der Waals surface area contributed by atoms with E-state index in [1.54, 1.807) is 0 Å². The van der Waals surface area contributed by atoms with E-state index in [2.05, 4.69) is 24.3 Å². The van der Waals surface area contributed by atoms with Crippen LogP contribution >= 0.6 is 0 Å². The second kappa shape index (κ2) is 6.01. The molecule has 2 aromatic carbocycles. The molecular formula is C14H14OZr. The third-order valence-corrected chi connectivity index (χ3v) is 6.43. The van der Waals surface area contributed by atoms with Crippen molar-refractivity contribution >= 4 is 0 Å². The minimum atomic E-state index is -2.47. The van der Waals surface area contributed by atoms with Gasteiger partial charge in [0.25, 0.3) is 0 Å². The normalized spacial score (nSPS) is 10.0. The Balaban J connectivity index is 1.95. The Labute approximate surface area is 104 Å². The Kier molecular flexibility index (Phi) is 4.36. The SMILES string of the molecule is [O]=[Zr]([CH2]c1ccccc1)[CH2]c1ccccc1. The quantitative estimate of drug-likeness (QED) is 0.843. The Morgan fingerprint density at radius 2 is 1.06 bits per heavy atom. The van der Waals surface area contributed by atoms with Crippen molar-refractivity contribution in [3.05, 3.63) is 71.8 Å². The van der Waals surface area contributed by atoms with Gasteiger partial charge in [-0.25, -0.2) is 0 Å². The van der Waals surface area contributed by atoms with E-state index in [0.29, 0.717) is 0 Å². The van der Waals surface area contributed by atoms with Gasteiger partial charge in [-0.15, -0.1) is 0 Å². The van der Waals surface area contributed by atoms with Crippen LogP contribution in [0.2, 0.25) is 0 Å². The summed E-state index contributed by atoms with van der Waals surface area (Å²) in [6, 6.07) is 20.3. The molecule has 0 saturated heterocycles. The first-order valence-electron chi connectivity index (χ1n) is 5.44. The summed E-state index contributed by atoms with van der Waals surface area (Å²) >= 11 is -2.47. The Morgan fingerprint density at radius 3 is 1.44 bits per heavy atom. The zero-order valence-electron chi connectivity index (χ0n) is 9.10. The van der Waals surface area contributed by atoms with Gasteiger partial charge >= 0.3 is 105 Å². The van der Waals surface area contributed by atoms with Gasteiger partial charge in [0.2, 0.25) is 0 Å². The minimum absolute atomic E-state index is 0.804. The molecule has 0 spiro atoms. The molecule has 0 bridgehead atoms. The van der Waals surface area contributed by atoms with Crippen LogP contribution in [0.4, 0.5) is 0 Å². The van der Waals surface area contributed by atoms with E-state index < -0.39 is 21.8 Å². The molecule has 2 heteroatoms. The molecule has 16 heavy (non-hydrogen) atoms. The number of benzene rings is 2. The van der Waals surface area contributed by atoms with Crippen molar-refractivity contribution in [2.75, 3.05) is 0 Å². The van der Waals surface area contributed by atoms with Gasteiger partial charge in [-0.05, 0) is 0 Å². The summed E-state index contributed by atoms with van der Waals surface area (Å²) in [6.07, 6.45) is 0. The zero-order chi connectivity index (χ0) is 11.2. The molecule has 0 radical (unpaired) electrons. The van der Waals surface area contributed by atoms with E-state index in [-0.39, 0.29) is 0 Å². The second-order valence-electron chi connectivity index (χ2n) is 3.86. The molecule has 0 atom stereocenters. The predicted molar refractivity (Wildman–Crippen MR) is 61.0 cm³/mol. The Hall–Kier alpha value is -0.877. The van der Waals surface area contributed by atoms with Gasteiger partial charge < -0.3 is 0 Å². The standard InChI is InChI=1S/2C7H7.O.Zr/c2*1-7-5-3-2-4-6-7;;/h2*2-6H,1H2;;. The van der Waals surface area contributed by atoms with Crippen LogP contribution in [-0.2, 0) is 32.8 Å². The fourth-order valence-corrected chi connectivity index (χ4v) is 5.41. The Morgan fingerprint density at radius 1 is 0.688 bits per heavy atom. The molecule has 0 fully saturated rings. The molecule has 0 aromatic heterocycles. The van der Waals surface area contributed by atoms with Crippen molar-refractivity contribution < 1.29 is 24.6 Å². The van der Waals surface area contributed by atoms with Crippen LogP contribution in [0.3, 0.4) is 0 Å². The molecular weight excluding hydrogens is 275 g/mol. The van der Waals surface area contributed by atoms with Gasteiger partial charge in [-0.3, -0.25) is 0 Å². The molecule has 1 nitrogen and oxygen atoms in total. The number of hydrogen-bond acceptors (Lipinski definition) is 1. The maximum atomic E-state index is 12.1. The van der Waals surface area contributed by atoms with Crippen molar-refractivity contribution in [2.24, 2.45) is 0 Å². The van der Waals surface area contributed by atoms with Crippen LogP contribution in [0.25, 0.3) is 0 Å². The van der Waals surface area contributed by atoms with Crippen LogP contribution in [0.5, 0.6) is 0 Å². The van der Waals surface area contributed by atoms with Crippen molar-refractivity contribution in [2.45, 2.75) is 8.26 Å². The second-order valence-corrected chi connectivity index (χ2v) is 8.25. The van der Waals surface area contributed by atoms with Crippen molar-refractivity contribution in [3.8, 4) is 0 Å². The molecule has 0 N–H and O–H groups in total. The summed E-state index contributed by atoms with van der Waals surface area (Å²) in [5.41, 5.74) is 2.42. The van der Waals surface area contributed by atoms with Gasteiger partial charge in [0, 0.05) is 0 Å². The van der Waals surface area contributed by atoms with Gasteiger partial charge in [-0.1, -0.05) is 0 Å². The first-order valence-corrected chi connectivity index (χ1v) is 9.92. The van der Waals surface area contributed by atoms with E-state index >= 15 is 0 Å². The summed E-state index contributed by atoms with van der Waals surface area (Å²) < 4.78 is 13.7. The molecule has 0 aliphatic rings. The number of rotatable bonds is 4. The van der Waals surface area contributed by atoms with Gasteiger partial charge in [-0.2, -0.15) is 0 Å². The summed E-state index contributed by atoms with van der Waals surface area (Å²) in [7, 11) is 0. The maximum absolute atomic E-state index is 12.1. The van der Waals surface area contributed by atoms with Gasteiger partial charge in [0.05, 0.1) is 0 Å². The van der Waals surface area contributed by atoms with Crippen LogP contribution in [0, 0.1) is 0 Å². The summed E-state index contributed by atoms with van der Waals surface area (Å²) in [6.45, 7) is 0. The fraction of sp³-hybridized carbons (Fsp3) is 0.143. The van der Waals surface area contributed by atoms with E-state index in [1.165, 1.54) is 11.1 Å². The van der Waals surface area contributed by atoms with Crippen LogP contribution in [0.1, 0.15) is 11.1 Å². The topological polar surface area (TPSA) is 17.1 Å². The first-order chi connectivity index (χ1) is 7.84. The molecule has 0 heterocycles. The van der Waals surface area contributed by atoms with Crippen molar-refractivity contribution in [1.82, 2.24) is 0 Å². The summed E-state index contributed by atoms with van der Waals surface area (Å²) in [5, 5.41) is 0. The monoisotopic (exact) mass is 288 g/mol. The number of hydrogen-bond donors (Lipinski definition) is 0. The Bertz CT molecular complexity index is 407. The van der Waals surface area contributed by atoms with Gasteiger partial charge in [0.15, 0.2) is 0 Å². The van der Waals surface area contributed by atoms with Crippen LogP contribution < -0.4 is 0 Å². The average molecular weight is 289 g/mol. The van der Waals surface area contributed by atoms with Crippen LogP contribution in [0.15, 0.2) is 60.7 Å². The van der Waals surface area contributed by atoms with Gasteiger partial charge in [0.1, 0.15) is 0 Å². The molecule has 0 saturated carbocycles. The van der Waals surface area contributed by atoms with Crippen molar-refractivity contribution in [3.63, 3.8) is 0 Å². The molecule has 2 rings (SSSR count). The van der Waals surface area contributed by atoms with E-state index in [0.717, 1.165) is 8.26 Å². The van der Waals surface area contributed by atoms with E-state index in [9.17, 15) is 2.81 Å². The third-order valence-electron chi connectivity index (χ3n) is 2.49. The van der Waals surface area contributed by atoms with E-state index in [1.807, 2.05) is 36.4 Å². The predicted octanol–water partition coefficient (Wildman–Crippen LogP) is 3.35. The summed E-state index contributed by atoms with van der Waals surface area (Å²) in [5.74, 6) is 0. The first kappa shape index (κ1) is 11.6. The average Bonchev–Trinajstić information content (AvgIpc) is 2.31. The van der Waals surface area contributed by atoms with Crippen molar-refractivity contribution in [1.29, 1.82) is 0 Å². The fourth-order valence-electron chi connectivity index (χ4n) is 1.71. The van der Waals surface area contributed by atoms with Crippen LogP contribution in [-0.4, -0.2) is 0 Å². The molecule has 0 aliphatic carbocycles. The zero-order valence-corrected chi connectivity index (χ0v) is 11.6. The molecule has 0 aliphatic heterocycles. The third kappa shape index (κ3) is 3.61.